The lowest BCUT2D eigenvalue weighted by Crippen LogP contribution is -2.47. The van der Waals surface area contributed by atoms with E-state index in [1.54, 1.807) is 39.5 Å². The number of aromatic nitrogens is 2. The lowest BCUT2D eigenvalue weighted by atomic mass is 9.98. The zero-order valence-electron chi connectivity index (χ0n) is 27.4. The van der Waals surface area contributed by atoms with E-state index in [0.29, 0.717) is 36.6 Å². The van der Waals surface area contributed by atoms with Crippen LogP contribution in [-0.2, 0) is 32.3 Å². The fourth-order valence-electron chi connectivity index (χ4n) is 5.81. The molecule has 13 nitrogen and oxygen atoms in total. The van der Waals surface area contributed by atoms with Crippen molar-refractivity contribution in [2.75, 3.05) is 72.4 Å². The summed E-state index contributed by atoms with van der Waals surface area (Å²) in [4.78, 5) is 11.1. The molecule has 258 valence electrons. The highest BCUT2D eigenvalue weighted by Crippen LogP contribution is 2.38. The van der Waals surface area contributed by atoms with Crippen molar-refractivity contribution in [3.8, 4) is 5.75 Å². The summed E-state index contributed by atoms with van der Waals surface area (Å²) in [5, 5.41) is 27.6. The number of nitrogens with zero attached hydrogens (tertiary/aromatic N) is 4. The predicted octanol–water partition coefficient (Wildman–Crippen LogP) is 3.44. The highest BCUT2D eigenvalue weighted by atomic mass is 35.5. The molecule has 4 N–H and O–H groups in total. The van der Waals surface area contributed by atoms with E-state index in [2.05, 4.69) is 25.5 Å². The van der Waals surface area contributed by atoms with E-state index in [0.717, 1.165) is 34.7 Å². The first-order chi connectivity index (χ1) is 22.5. The Morgan fingerprint density at radius 1 is 1.00 bits per heavy atom. The molecule has 2 aromatic carbocycles. The lowest BCUT2D eigenvalue weighted by Gasteiger charge is -2.34. The van der Waals surface area contributed by atoms with Crippen LogP contribution in [0.5, 0.6) is 5.75 Å². The number of rotatable bonds is 16. The van der Waals surface area contributed by atoms with Gasteiger partial charge in [0.05, 0.1) is 50.1 Å². The Bertz CT molecular complexity index is 1580. The summed E-state index contributed by atoms with van der Waals surface area (Å²) < 4.78 is 43.2. The second kappa shape index (κ2) is 16.8. The molecule has 0 aliphatic heterocycles. The van der Waals surface area contributed by atoms with Crippen molar-refractivity contribution in [1.29, 1.82) is 0 Å². The maximum Gasteiger partial charge on any atom is 0.244 e. The number of nitrogens with one attached hydrogen (secondary N) is 2. The summed E-state index contributed by atoms with van der Waals surface area (Å²) in [7, 11) is 3.93. The summed E-state index contributed by atoms with van der Waals surface area (Å²) in [6.45, 7) is 1.13. The number of hydrogen-bond donors (Lipinski definition) is 4. The van der Waals surface area contributed by atoms with Crippen molar-refractivity contribution in [3.63, 3.8) is 0 Å². The summed E-state index contributed by atoms with van der Waals surface area (Å²) >= 11 is 6.44. The summed E-state index contributed by atoms with van der Waals surface area (Å²) in [5.74, 6) is 1.14. The molecule has 1 heterocycles. The molecular formula is C32H45ClN6O7S. The average Bonchev–Trinajstić information content (AvgIpc) is 3.25. The van der Waals surface area contributed by atoms with Gasteiger partial charge >= 0.3 is 0 Å². The number of hydrogen-bond acceptors (Lipinski definition) is 12. The Morgan fingerprint density at radius 3 is 2.32 bits per heavy atom. The number of ether oxygens (including phenoxy) is 3. The fraction of sp³-hybridized carbons (Fsp3) is 0.500. The third-order valence-electron chi connectivity index (χ3n) is 8.00. The van der Waals surface area contributed by atoms with Crippen LogP contribution in [0.1, 0.15) is 24.0 Å². The molecule has 4 rings (SSSR count). The van der Waals surface area contributed by atoms with Crippen LogP contribution in [0.2, 0.25) is 5.02 Å². The van der Waals surface area contributed by atoms with Crippen molar-refractivity contribution in [2.24, 2.45) is 0 Å². The second-order valence-electron chi connectivity index (χ2n) is 11.6. The third-order valence-corrected chi connectivity index (χ3v) is 10.1. The molecule has 47 heavy (non-hydrogen) atoms. The van der Waals surface area contributed by atoms with Crippen LogP contribution in [0.3, 0.4) is 0 Å². The maximum atomic E-state index is 12.9. The zero-order valence-corrected chi connectivity index (χ0v) is 29.0. The molecule has 0 saturated heterocycles. The minimum absolute atomic E-state index is 0.0743. The molecule has 0 bridgehead atoms. The van der Waals surface area contributed by atoms with Crippen LogP contribution >= 0.6 is 11.6 Å². The monoisotopic (exact) mass is 692 g/mol. The van der Waals surface area contributed by atoms with Crippen molar-refractivity contribution >= 4 is 44.8 Å². The number of aliphatic hydroxyl groups excluding tert-OH is 2. The van der Waals surface area contributed by atoms with Gasteiger partial charge in [0.15, 0.2) is 5.82 Å². The van der Waals surface area contributed by atoms with Crippen LogP contribution in [0.4, 0.5) is 23.1 Å². The van der Waals surface area contributed by atoms with E-state index >= 15 is 0 Å². The number of halogens is 1. The van der Waals surface area contributed by atoms with E-state index in [9.17, 15) is 18.6 Å². The van der Waals surface area contributed by atoms with Gasteiger partial charge in [0.25, 0.3) is 0 Å². The molecular weight excluding hydrogens is 648 g/mol. The lowest BCUT2D eigenvalue weighted by molar-refractivity contribution is -0.00837. The van der Waals surface area contributed by atoms with E-state index in [-0.39, 0.29) is 40.9 Å². The number of aliphatic hydroxyl groups is 2. The van der Waals surface area contributed by atoms with Gasteiger partial charge in [-0.2, -0.15) is 4.98 Å². The predicted molar refractivity (Wildman–Crippen MR) is 182 cm³/mol. The maximum absolute atomic E-state index is 12.9. The van der Waals surface area contributed by atoms with E-state index in [4.69, 9.17) is 25.8 Å². The van der Waals surface area contributed by atoms with Gasteiger partial charge in [0, 0.05) is 47.4 Å². The fourth-order valence-corrected chi connectivity index (χ4v) is 6.99. The first-order valence-corrected chi connectivity index (χ1v) is 17.1. The Labute approximate surface area is 281 Å². The van der Waals surface area contributed by atoms with Crippen LogP contribution in [0, 0.1) is 0 Å². The number of sulfonamides is 1. The number of para-hydroxylation sites is 1. The van der Waals surface area contributed by atoms with Gasteiger partial charge in [-0.15, -0.1) is 0 Å². The molecule has 1 unspecified atom stereocenters. The Hall–Kier alpha value is -3.08. The smallest absolute Gasteiger partial charge is 0.244 e. The summed E-state index contributed by atoms with van der Waals surface area (Å²) in [6.07, 6.45) is 3.26. The van der Waals surface area contributed by atoms with Crippen molar-refractivity contribution < 1.29 is 32.8 Å². The first kappa shape index (κ1) is 36.8. The molecule has 3 aromatic rings. The molecule has 3 atom stereocenters. The molecule has 0 fully saturated rings. The Kier molecular flexibility index (Phi) is 13.2. The van der Waals surface area contributed by atoms with Gasteiger partial charge in [-0.05, 0) is 55.0 Å². The minimum Gasteiger partial charge on any atom is -0.494 e. The molecule has 1 aliphatic rings. The van der Waals surface area contributed by atoms with E-state index in [1.807, 2.05) is 12.1 Å². The van der Waals surface area contributed by atoms with E-state index in [1.165, 1.54) is 26.4 Å². The Morgan fingerprint density at radius 2 is 1.68 bits per heavy atom. The van der Waals surface area contributed by atoms with E-state index < -0.39 is 22.2 Å². The topological polar surface area (TPSA) is 159 Å². The van der Waals surface area contributed by atoms with Crippen LogP contribution in [0.15, 0.2) is 47.5 Å². The summed E-state index contributed by atoms with van der Waals surface area (Å²) in [5.41, 5.74) is 3.16. The third kappa shape index (κ3) is 9.30. The minimum atomic E-state index is -3.73. The number of fused-ring (bicyclic) bond motifs is 1. The molecule has 0 radical (unpaired) electrons. The van der Waals surface area contributed by atoms with Gasteiger partial charge < -0.3 is 35.1 Å². The molecule has 0 amide bonds. The second-order valence-corrected chi connectivity index (χ2v) is 14.2. The van der Waals surface area contributed by atoms with Crippen molar-refractivity contribution in [1.82, 2.24) is 19.2 Å². The normalized spacial score (nSPS) is 16.4. The molecule has 0 spiro atoms. The van der Waals surface area contributed by atoms with Gasteiger partial charge in [-0.25, -0.2) is 17.7 Å². The van der Waals surface area contributed by atoms with Crippen molar-refractivity contribution in [3.05, 3.63) is 58.7 Å². The highest BCUT2D eigenvalue weighted by Gasteiger charge is 2.28. The molecule has 15 heteroatoms. The van der Waals surface area contributed by atoms with Crippen LogP contribution in [0.25, 0.3) is 0 Å². The van der Waals surface area contributed by atoms with Gasteiger partial charge in [-0.1, -0.05) is 29.8 Å². The molecule has 0 saturated carbocycles. The number of methoxy groups -OCH3 is 3. The Balaban J connectivity index is 1.59. The SMILES string of the molecule is COC[C@H](O)CN(C[C@@H](O)COC)C1CCCc2c(ccc(Nc3ncc(Cl)c(Nc4ccccc4S(=O)(=O)N(C)C)n3)c2OC)C1. The van der Waals surface area contributed by atoms with Gasteiger partial charge in [-0.3, -0.25) is 4.90 Å². The number of benzene rings is 2. The molecule has 1 aromatic heterocycles. The zero-order chi connectivity index (χ0) is 34.1. The van der Waals surface area contributed by atoms with Gasteiger partial charge in [0.1, 0.15) is 15.7 Å². The van der Waals surface area contributed by atoms with Crippen LogP contribution in [-0.4, -0.2) is 118 Å². The first-order valence-electron chi connectivity index (χ1n) is 15.3. The standard InChI is InChI=1S/C32H45ClN6O7S/c1-38(2)47(42,43)29-12-7-6-11-27(29)35-31-26(33)16-34-32(37-31)36-28-14-13-21-15-22(9-8-10-25(21)30(28)46-5)39(17-23(40)19-44-3)18-24(41)20-45-4/h6-7,11-14,16,22-24,40-41H,8-10,15,17-20H2,1-5H3,(H2,34,35,36,37)/t22?,23-,24-/m1/s1. The average molecular weight is 693 g/mol. The quantitative estimate of drug-likeness (QED) is 0.162. The number of anilines is 4. The largest absolute Gasteiger partial charge is 0.494 e. The van der Waals surface area contributed by atoms with Crippen molar-refractivity contribution in [2.45, 2.75) is 48.8 Å². The summed E-state index contributed by atoms with van der Waals surface area (Å²) in [6, 6.07) is 10.6. The molecule has 1 aliphatic carbocycles. The van der Waals surface area contributed by atoms with Gasteiger partial charge in [0.2, 0.25) is 16.0 Å². The highest BCUT2D eigenvalue weighted by molar-refractivity contribution is 7.89. The van der Waals surface area contributed by atoms with Crippen LogP contribution < -0.4 is 15.4 Å².